The monoisotopic (exact) mass is 465 g/mol. The Kier molecular flexibility index (Phi) is 4.96. The zero-order valence-corrected chi connectivity index (χ0v) is 17.9. The number of fused-ring (bicyclic) bond motifs is 3. The van der Waals surface area contributed by atoms with E-state index in [1.54, 1.807) is 53.1 Å². The molecule has 11 heteroatoms. The number of halogens is 3. The molecule has 0 saturated carbocycles. The van der Waals surface area contributed by atoms with Crippen molar-refractivity contribution >= 4 is 34.0 Å². The number of amides is 1. The molecule has 34 heavy (non-hydrogen) atoms. The topological polar surface area (TPSA) is 94.3 Å². The number of aromatic nitrogens is 5. The van der Waals surface area contributed by atoms with E-state index in [4.69, 9.17) is 5.73 Å². The molecule has 2 aromatic carbocycles. The fourth-order valence-corrected chi connectivity index (χ4v) is 3.77. The van der Waals surface area contributed by atoms with E-state index in [1.165, 1.54) is 23.2 Å². The molecule has 8 nitrogen and oxygen atoms in total. The highest BCUT2D eigenvalue weighted by atomic mass is 19.4. The summed E-state index contributed by atoms with van der Waals surface area (Å²) in [6.07, 6.45) is 1.94. The first kappa shape index (κ1) is 21.4. The largest absolute Gasteiger partial charge is 0.416 e. The van der Waals surface area contributed by atoms with Crippen LogP contribution in [-0.2, 0) is 19.8 Å². The summed E-state index contributed by atoms with van der Waals surface area (Å²) in [5.74, 6) is -0.0248. The van der Waals surface area contributed by atoms with Crippen LogP contribution in [0.15, 0.2) is 67.4 Å². The van der Waals surface area contributed by atoms with Crippen molar-refractivity contribution in [3.63, 3.8) is 0 Å². The van der Waals surface area contributed by atoms with Crippen molar-refractivity contribution in [3.05, 3.63) is 84.1 Å². The number of nitrogen functional groups attached to an aromatic ring is 1. The summed E-state index contributed by atoms with van der Waals surface area (Å²) >= 11 is 0. The summed E-state index contributed by atoms with van der Waals surface area (Å²) in [5, 5.41) is 4.13. The number of anilines is 2. The van der Waals surface area contributed by atoms with Gasteiger partial charge in [0.25, 0.3) is 5.91 Å². The molecule has 1 amide bonds. The van der Waals surface area contributed by atoms with Gasteiger partial charge in [0.15, 0.2) is 0 Å². The van der Waals surface area contributed by atoms with E-state index in [2.05, 4.69) is 15.1 Å². The first-order valence-corrected chi connectivity index (χ1v) is 10.2. The van der Waals surface area contributed by atoms with E-state index in [0.717, 1.165) is 12.1 Å². The van der Waals surface area contributed by atoms with Gasteiger partial charge in [-0.1, -0.05) is 12.1 Å². The number of hydrogen-bond acceptors (Lipinski definition) is 5. The van der Waals surface area contributed by atoms with Crippen LogP contribution < -0.4 is 10.6 Å². The second kappa shape index (κ2) is 7.87. The number of carbonyl (C=O) groups is 1. The number of alkyl halides is 3. The number of imidazole rings is 1. The van der Waals surface area contributed by atoms with Gasteiger partial charge in [-0.3, -0.25) is 13.9 Å². The van der Waals surface area contributed by atoms with E-state index >= 15 is 0 Å². The zero-order chi connectivity index (χ0) is 24.0. The van der Waals surface area contributed by atoms with Crippen LogP contribution in [0.2, 0.25) is 0 Å². The summed E-state index contributed by atoms with van der Waals surface area (Å²) in [6.45, 7) is 0.0567. The lowest BCUT2D eigenvalue weighted by Gasteiger charge is -2.22. The van der Waals surface area contributed by atoms with Gasteiger partial charge in [-0.2, -0.15) is 18.3 Å². The van der Waals surface area contributed by atoms with E-state index in [9.17, 15) is 18.0 Å². The fourth-order valence-electron chi connectivity index (χ4n) is 3.77. The van der Waals surface area contributed by atoms with Gasteiger partial charge >= 0.3 is 6.18 Å². The molecule has 2 N–H and O–H groups in total. The third kappa shape index (κ3) is 3.81. The summed E-state index contributed by atoms with van der Waals surface area (Å²) in [4.78, 5) is 23.5. The molecule has 5 rings (SSSR count). The summed E-state index contributed by atoms with van der Waals surface area (Å²) in [7, 11) is 1.71. The normalized spacial score (nSPS) is 11.9. The van der Waals surface area contributed by atoms with Crippen molar-refractivity contribution in [2.24, 2.45) is 7.05 Å². The molecule has 0 aliphatic rings. The highest BCUT2D eigenvalue weighted by molar-refractivity contribution is 6.07. The quantitative estimate of drug-likeness (QED) is 0.432. The molecule has 172 valence electrons. The summed E-state index contributed by atoms with van der Waals surface area (Å²) in [5.41, 5.74) is 8.51. The van der Waals surface area contributed by atoms with Crippen LogP contribution >= 0.6 is 0 Å². The van der Waals surface area contributed by atoms with Crippen molar-refractivity contribution in [1.29, 1.82) is 0 Å². The second-order valence-electron chi connectivity index (χ2n) is 7.81. The lowest BCUT2D eigenvalue weighted by molar-refractivity contribution is -0.137. The molecule has 0 aliphatic carbocycles. The number of rotatable bonds is 4. The Morgan fingerprint density at radius 1 is 1.09 bits per heavy atom. The number of hydrogen-bond donors (Lipinski definition) is 1. The molecule has 0 saturated heterocycles. The molecule has 0 atom stereocenters. The average Bonchev–Trinajstić information content (AvgIpc) is 3.46. The maximum atomic E-state index is 13.6. The van der Waals surface area contributed by atoms with Gasteiger partial charge in [-0.05, 0) is 35.9 Å². The minimum atomic E-state index is -4.43. The highest BCUT2D eigenvalue weighted by Gasteiger charge is 2.30. The highest BCUT2D eigenvalue weighted by Crippen LogP contribution is 2.30. The van der Waals surface area contributed by atoms with Crippen molar-refractivity contribution in [2.75, 3.05) is 10.6 Å². The second-order valence-corrected chi connectivity index (χ2v) is 7.81. The molecule has 0 unspecified atom stereocenters. The molecule has 0 fully saturated rings. The average molecular weight is 465 g/mol. The number of carbonyl (C=O) groups excluding carboxylic acids is 1. The van der Waals surface area contributed by atoms with E-state index in [-0.39, 0.29) is 12.5 Å². The molecule has 3 heterocycles. The van der Waals surface area contributed by atoms with Crippen LogP contribution in [0.25, 0.3) is 16.6 Å². The van der Waals surface area contributed by atoms with Crippen molar-refractivity contribution in [2.45, 2.75) is 12.7 Å². The van der Waals surface area contributed by atoms with Crippen LogP contribution in [0, 0.1) is 0 Å². The third-order valence-corrected chi connectivity index (χ3v) is 5.49. The standard InChI is InChI=1S/C23H18F3N7O/c1-31-12-17(9-29-31)32(11-14-2-5-16(6-3-14)23(24,25)26)22(34)15-4-7-18-19(8-15)33-13-28-10-20(33)21(27)30-18/h2-10,12-13H,11H2,1H3,(H2,27,30). The molecule has 3 aromatic heterocycles. The maximum Gasteiger partial charge on any atom is 0.416 e. The smallest absolute Gasteiger partial charge is 0.382 e. The molecule has 0 spiro atoms. The number of nitrogens with two attached hydrogens (primary N) is 1. The lowest BCUT2D eigenvalue weighted by Crippen LogP contribution is -2.30. The Balaban J connectivity index is 1.54. The van der Waals surface area contributed by atoms with Gasteiger partial charge in [0.2, 0.25) is 0 Å². The van der Waals surface area contributed by atoms with Gasteiger partial charge in [-0.25, -0.2) is 9.97 Å². The zero-order valence-electron chi connectivity index (χ0n) is 17.9. The molecular weight excluding hydrogens is 447 g/mol. The molecule has 5 aromatic rings. The Bertz CT molecular complexity index is 1520. The maximum absolute atomic E-state index is 13.6. The van der Waals surface area contributed by atoms with Gasteiger partial charge in [-0.15, -0.1) is 0 Å². The Labute approximate surface area is 191 Å². The summed E-state index contributed by atoms with van der Waals surface area (Å²) in [6, 6.07) is 9.75. The first-order valence-electron chi connectivity index (χ1n) is 10.2. The van der Waals surface area contributed by atoms with Crippen molar-refractivity contribution in [1.82, 2.24) is 24.1 Å². The minimum absolute atomic E-state index is 0.0567. The van der Waals surface area contributed by atoms with Crippen LogP contribution in [0.1, 0.15) is 21.5 Å². The van der Waals surface area contributed by atoms with Crippen LogP contribution in [0.5, 0.6) is 0 Å². The minimum Gasteiger partial charge on any atom is -0.382 e. The van der Waals surface area contributed by atoms with Crippen molar-refractivity contribution in [3.8, 4) is 0 Å². The Morgan fingerprint density at radius 3 is 2.53 bits per heavy atom. The summed E-state index contributed by atoms with van der Waals surface area (Å²) < 4.78 is 42.1. The van der Waals surface area contributed by atoms with Crippen molar-refractivity contribution < 1.29 is 18.0 Å². The molecular formula is C23H18F3N7O. The first-order chi connectivity index (χ1) is 16.2. The van der Waals surface area contributed by atoms with Crippen LogP contribution in [0.3, 0.4) is 0 Å². The Morgan fingerprint density at radius 2 is 1.85 bits per heavy atom. The van der Waals surface area contributed by atoms with E-state index in [0.29, 0.717) is 39.2 Å². The van der Waals surface area contributed by atoms with E-state index in [1.807, 2.05) is 0 Å². The van der Waals surface area contributed by atoms with Gasteiger partial charge in [0, 0.05) is 18.8 Å². The SMILES string of the molecule is Cn1cc(N(Cc2ccc(C(F)(F)F)cc2)C(=O)c2ccc3nc(N)c4cncn4c3c2)cn1. The predicted octanol–water partition coefficient (Wildman–Crippen LogP) is 4.06. The van der Waals surface area contributed by atoms with Crippen LogP contribution in [0.4, 0.5) is 24.7 Å². The van der Waals surface area contributed by atoms with Gasteiger partial charge in [0.1, 0.15) is 11.3 Å². The lowest BCUT2D eigenvalue weighted by atomic mass is 10.1. The third-order valence-electron chi connectivity index (χ3n) is 5.49. The molecule has 0 aliphatic heterocycles. The number of nitrogens with zero attached hydrogens (tertiary/aromatic N) is 6. The molecule has 0 radical (unpaired) electrons. The predicted molar refractivity (Wildman–Crippen MR) is 120 cm³/mol. The van der Waals surface area contributed by atoms with E-state index < -0.39 is 11.7 Å². The van der Waals surface area contributed by atoms with Gasteiger partial charge < -0.3 is 10.6 Å². The van der Waals surface area contributed by atoms with Crippen LogP contribution in [-0.4, -0.2) is 30.1 Å². The molecule has 0 bridgehead atoms. The number of benzene rings is 2. The Hall–Kier alpha value is -4.41. The fraction of sp³-hybridized carbons (Fsp3) is 0.130. The van der Waals surface area contributed by atoms with Gasteiger partial charge in [0.05, 0.1) is 47.6 Å². The number of aryl methyl sites for hydroxylation is 1.